The Bertz CT molecular complexity index is 1150. The van der Waals surface area contributed by atoms with Crippen LogP contribution in [0.3, 0.4) is 0 Å². The predicted octanol–water partition coefficient (Wildman–Crippen LogP) is 6.25. The molecule has 4 rings (SSSR count). The quantitative estimate of drug-likeness (QED) is 0.494. The van der Waals surface area contributed by atoms with E-state index in [1.54, 1.807) is 0 Å². The number of benzene rings is 1. The Morgan fingerprint density at radius 3 is 2.49 bits per heavy atom. The molecule has 0 spiro atoms. The van der Waals surface area contributed by atoms with Crippen molar-refractivity contribution < 1.29 is 32.5 Å². The first kappa shape index (κ1) is 25.8. The van der Waals surface area contributed by atoms with E-state index in [2.05, 4.69) is 13.8 Å². The summed E-state index contributed by atoms with van der Waals surface area (Å²) in [5.41, 5.74) is 2.39. The molecule has 2 N–H and O–H groups in total. The van der Waals surface area contributed by atoms with Crippen molar-refractivity contribution in [1.82, 2.24) is 4.98 Å². The van der Waals surface area contributed by atoms with Gasteiger partial charge < -0.3 is 14.9 Å². The van der Waals surface area contributed by atoms with E-state index < -0.39 is 29.8 Å². The standard InChI is InChI=1S/C27H31F4NO3/c1-14(2)24-23(25(34)16-5-6-17(18(28)11-16)27(29,30)31)21(15-7-9-35-10-8-15)22-19(32-24)12-26(3,4)13-20(22)33/h5-7,11,14,20,25,33-34H,8-10,12-13H2,1-4H3. The Morgan fingerprint density at radius 1 is 1.20 bits per heavy atom. The summed E-state index contributed by atoms with van der Waals surface area (Å²) in [4.78, 5) is 4.89. The number of aromatic nitrogens is 1. The van der Waals surface area contributed by atoms with E-state index in [-0.39, 0.29) is 16.9 Å². The Hall–Kier alpha value is -2.29. The highest BCUT2D eigenvalue weighted by molar-refractivity contribution is 5.74. The van der Waals surface area contributed by atoms with Crippen LogP contribution in [0.15, 0.2) is 24.3 Å². The van der Waals surface area contributed by atoms with Gasteiger partial charge in [-0.1, -0.05) is 39.8 Å². The molecular weight excluding hydrogens is 462 g/mol. The van der Waals surface area contributed by atoms with Crippen LogP contribution in [-0.2, 0) is 17.3 Å². The summed E-state index contributed by atoms with van der Waals surface area (Å²) in [6.45, 7) is 8.81. The number of aliphatic hydroxyl groups is 2. The minimum absolute atomic E-state index is 0.00121. The molecule has 190 valence electrons. The summed E-state index contributed by atoms with van der Waals surface area (Å²) < 4.78 is 59.3. The average Bonchev–Trinajstić information content (AvgIpc) is 2.76. The third-order valence-electron chi connectivity index (χ3n) is 6.83. The largest absolute Gasteiger partial charge is 0.419 e. The van der Waals surface area contributed by atoms with Gasteiger partial charge in [0.05, 0.1) is 24.9 Å². The van der Waals surface area contributed by atoms with Crippen molar-refractivity contribution >= 4 is 5.57 Å². The van der Waals surface area contributed by atoms with Crippen molar-refractivity contribution in [1.29, 1.82) is 0 Å². The zero-order valence-electron chi connectivity index (χ0n) is 20.3. The van der Waals surface area contributed by atoms with Crippen LogP contribution in [0.4, 0.5) is 17.6 Å². The second-order valence-corrected chi connectivity index (χ2v) is 10.6. The van der Waals surface area contributed by atoms with Gasteiger partial charge >= 0.3 is 6.18 Å². The highest BCUT2D eigenvalue weighted by Gasteiger charge is 2.39. The van der Waals surface area contributed by atoms with Crippen molar-refractivity contribution in [2.24, 2.45) is 5.41 Å². The second-order valence-electron chi connectivity index (χ2n) is 10.6. The average molecular weight is 494 g/mol. The molecule has 0 saturated carbocycles. The molecule has 1 aromatic carbocycles. The van der Waals surface area contributed by atoms with E-state index in [0.717, 1.165) is 23.4 Å². The zero-order valence-corrected chi connectivity index (χ0v) is 20.3. The number of hydrogen-bond donors (Lipinski definition) is 2. The van der Waals surface area contributed by atoms with E-state index in [1.807, 2.05) is 19.9 Å². The second kappa shape index (κ2) is 9.30. The Balaban J connectivity index is 1.98. The van der Waals surface area contributed by atoms with Crippen LogP contribution in [-0.4, -0.2) is 28.4 Å². The van der Waals surface area contributed by atoms with Gasteiger partial charge in [0, 0.05) is 22.5 Å². The molecule has 35 heavy (non-hydrogen) atoms. The first-order valence-electron chi connectivity index (χ1n) is 11.9. The third-order valence-corrected chi connectivity index (χ3v) is 6.83. The van der Waals surface area contributed by atoms with Crippen molar-refractivity contribution in [2.75, 3.05) is 13.2 Å². The maximum Gasteiger partial charge on any atom is 0.419 e. The summed E-state index contributed by atoms with van der Waals surface area (Å²) in [5.74, 6) is -1.58. The molecule has 0 amide bonds. The lowest BCUT2D eigenvalue weighted by molar-refractivity contribution is -0.140. The number of pyridine rings is 1. The van der Waals surface area contributed by atoms with Gasteiger partial charge in [0.15, 0.2) is 0 Å². The van der Waals surface area contributed by atoms with Gasteiger partial charge in [-0.25, -0.2) is 4.39 Å². The molecule has 1 aromatic heterocycles. The van der Waals surface area contributed by atoms with E-state index in [9.17, 15) is 27.8 Å². The summed E-state index contributed by atoms with van der Waals surface area (Å²) in [5, 5.41) is 22.7. The van der Waals surface area contributed by atoms with Gasteiger partial charge in [-0.05, 0) is 59.4 Å². The molecule has 1 aliphatic carbocycles. The van der Waals surface area contributed by atoms with Crippen LogP contribution in [0.5, 0.6) is 0 Å². The van der Waals surface area contributed by atoms with Crippen LogP contribution in [0, 0.1) is 11.2 Å². The number of hydrogen-bond acceptors (Lipinski definition) is 4. The molecule has 2 aliphatic rings. The van der Waals surface area contributed by atoms with E-state index in [0.29, 0.717) is 60.9 Å². The van der Waals surface area contributed by atoms with Crippen molar-refractivity contribution in [3.8, 4) is 0 Å². The number of rotatable bonds is 4. The van der Waals surface area contributed by atoms with Gasteiger partial charge in [0.25, 0.3) is 0 Å². The maximum atomic E-state index is 14.4. The van der Waals surface area contributed by atoms with Crippen LogP contribution in [0.2, 0.25) is 0 Å². The highest BCUT2D eigenvalue weighted by Crippen LogP contribution is 2.48. The number of nitrogens with zero attached hydrogens (tertiary/aromatic N) is 1. The van der Waals surface area contributed by atoms with Crippen LogP contribution in [0.1, 0.15) is 97.9 Å². The van der Waals surface area contributed by atoms with Crippen LogP contribution in [0.25, 0.3) is 5.57 Å². The van der Waals surface area contributed by atoms with Crippen LogP contribution < -0.4 is 0 Å². The molecule has 2 atom stereocenters. The fourth-order valence-electron chi connectivity index (χ4n) is 5.24. The molecule has 0 radical (unpaired) electrons. The van der Waals surface area contributed by atoms with Gasteiger partial charge in [0.2, 0.25) is 0 Å². The SMILES string of the molecule is CC(C)c1nc2c(c(C3=CCOCC3)c1C(O)c1ccc(C(F)(F)F)c(F)c1)C(O)CC(C)(C)C2. The predicted molar refractivity (Wildman–Crippen MR) is 124 cm³/mol. The van der Waals surface area contributed by atoms with Gasteiger partial charge in [0.1, 0.15) is 11.9 Å². The highest BCUT2D eigenvalue weighted by atomic mass is 19.4. The Labute approximate surface area is 202 Å². The fraction of sp³-hybridized carbons (Fsp3) is 0.519. The maximum absolute atomic E-state index is 14.4. The molecule has 2 heterocycles. The van der Waals surface area contributed by atoms with E-state index in [4.69, 9.17) is 9.72 Å². The van der Waals surface area contributed by atoms with E-state index in [1.165, 1.54) is 0 Å². The molecule has 2 aromatic rings. The topological polar surface area (TPSA) is 62.6 Å². The monoisotopic (exact) mass is 493 g/mol. The number of ether oxygens (including phenoxy) is 1. The van der Waals surface area contributed by atoms with Crippen molar-refractivity contribution in [3.05, 3.63) is 69.3 Å². The lowest BCUT2D eigenvalue weighted by Gasteiger charge is -2.38. The van der Waals surface area contributed by atoms with Gasteiger partial charge in [-0.15, -0.1) is 0 Å². The van der Waals surface area contributed by atoms with E-state index >= 15 is 0 Å². The number of halogens is 4. The lowest BCUT2D eigenvalue weighted by Crippen LogP contribution is -2.30. The number of alkyl halides is 3. The summed E-state index contributed by atoms with van der Waals surface area (Å²) in [6.07, 6.45) is -3.49. The minimum atomic E-state index is -4.83. The fourth-order valence-corrected chi connectivity index (χ4v) is 5.24. The zero-order chi connectivity index (χ0) is 25.7. The van der Waals surface area contributed by atoms with Gasteiger partial charge in [-0.3, -0.25) is 4.98 Å². The summed E-state index contributed by atoms with van der Waals surface area (Å²) in [7, 11) is 0. The molecular formula is C27H31F4NO3. The molecule has 4 nitrogen and oxygen atoms in total. The first-order chi connectivity index (χ1) is 16.3. The number of fused-ring (bicyclic) bond motifs is 1. The van der Waals surface area contributed by atoms with Crippen molar-refractivity contribution in [3.63, 3.8) is 0 Å². The smallest absolute Gasteiger partial charge is 0.388 e. The Kier molecular flexibility index (Phi) is 6.85. The molecule has 1 aliphatic heterocycles. The lowest BCUT2D eigenvalue weighted by atomic mass is 9.71. The number of aliphatic hydroxyl groups excluding tert-OH is 2. The molecule has 8 heteroatoms. The Morgan fingerprint density at radius 2 is 1.91 bits per heavy atom. The van der Waals surface area contributed by atoms with Crippen LogP contribution >= 0.6 is 0 Å². The van der Waals surface area contributed by atoms with Gasteiger partial charge in [-0.2, -0.15) is 13.2 Å². The minimum Gasteiger partial charge on any atom is -0.388 e. The molecule has 2 unspecified atom stereocenters. The molecule has 0 saturated heterocycles. The normalized spacial score (nSPS) is 21.0. The molecule has 0 fully saturated rings. The summed E-state index contributed by atoms with van der Waals surface area (Å²) in [6, 6.07) is 2.49. The summed E-state index contributed by atoms with van der Waals surface area (Å²) >= 11 is 0. The molecule has 0 bridgehead atoms. The third kappa shape index (κ3) is 5.01. The van der Waals surface area contributed by atoms with Crippen molar-refractivity contribution in [2.45, 2.75) is 71.3 Å². The first-order valence-corrected chi connectivity index (χ1v) is 11.9.